The molecule has 6 N–H and O–H groups in total. The molecule has 0 aliphatic carbocycles. The summed E-state index contributed by atoms with van der Waals surface area (Å²) in [6.07, 6.45) is 5.08. The quantitative estimate of drug-likeness (QED) is 0.348. The number of rotatable bonds is 5. The van der Waals surface area contributed by atoms with Crippen LogP contribution in [0.4, 0.5) is 11.6 Å². The molecule has 2 heterocycles. The standard InChI is InChI=1S/C10H16N6O2/c1-10(18,6-17)5-13-8-9-12-2-3-16(9)4-7(14-8)15-11/h2-4,15,17-18H,5-6,11H2,1H3,(H,13,14). The average Bonchev–Trinajstić information content (AvgIpc) is 2.84. The maximum absolute atomic E-state index is 9.73. The average molecular weight is 252 g/mol. The Labute approximate surface area is 103 Å². The molecule has 0 amide bonds. The maximum Gasteiger partial charge on any atom is 0.180 e. The van der Waals surface area contributed by atoms with Gasteiger partial charge in [-0.2, -0.15) is 0 Å². The summed E-state index contributed by atoms with van der Waals surface area (Å²) < 4.78 is 1.75. The maximum atomic E-state index is 9.73. The van der Waals surface area contributed by atoms with Crippen LogP contribution in [0.5, 0.6) is 0 Å². The lowest BCUT2D eigenvalue weighted by atomic mass is 10.1. The Morgan fingerprint density at radius 2 is 2.33 bits per heavy atom. The first kappa shape index (κ1) is 12.6. The lowest BCUT2D eigenvalue weighted by molar-refractivity contribution is 0.0132. The normalized spacial score (nSPS) is 14.4. The van der Waals surface area contributed by atoms with Gasteiger partial charge in [0.15, 0.2) is 17.3 Å². The second-order valence-electron chi connectivity index (χ2n) is 4.29. The Morgan fingerprint density at radius 3 is 3.00 bits per heavy atom. The summed E-state index contributed by atoms with van der Waals surface area (Å²) >= 11 is 0. The fraction of sp³-hybridized carbons (Fsp3) is 0.400. The molecule has 0 fully saturated rings. The van der Waals surface area contributed by atoms with Crippen LogP contribution in [0.3, 0.4) is 0 Å². The number of aliphatic hydroxyl groups excluding tert-OH is 1. The number of hydrogen-bond donors (Lipinski definition) is 5. The van der Waals surface area contributed by atoms with Gasteiger partial charge in [-0.1, -0.05) is 0 Å². The second-order valence-corrected chi connectivity index (χ2v) is 4.29. The molecule has 18 heavy (non-hydrogen) atoms. The molecule has 0 aromatic carbocycles. The zero-order chi connectivity index (χ0) is 13.2. The van der Waals surface area contributed by atoms with Crippen molar-refractivity contribution in [1.29, 1.82) is 0 Å². The number of nitrogen functional groups attached to an aromatic ring is 1. The van der Waals surface area contributed by atoms with E-state index in [0.717, 1.165) is 0 Å². The van der Waals surface area contributed by atoms with Crippen LogP contribution in [-0.2, 0) is 0 Å². The Bertz CT molecular complexity index is 538. The van der Waals surface area contributed by atoms with Crippen LogP contribution >= 0.6 is 0 Å². The van der Waals surface area contributed by atoms with Gasteiger partial charge in [0.05, 0.1) is 12.8 Å². The molecule has 2 rings (SSSR count). The van der Waals surface area contributed by atoms with E-state index in [2.05, 4.69) is 20.7 Å². The predicted octanol–water partition coefficient (Wildman–Crippen LogP) is -0.830. The monoisotopic (exact) mass is 252 g/mol. The fourth-order valence-electron chi connectivity index (χ4n) is 1.45. The van der Waals surface area contributed by atoms with Crippen molar-refractivity contribution in [3.05, 3.63) is 18.6 Å². The van der Waals surface area contributed by atoms with Gasteiger partial charge in [-0.3, -0.25) is 0 Å². The van der Waals surface area contributed by atoms with Crippen molar-refractivity contribution < 1.29 is 10.2 Å². The van der Waals surface area contributed by atoms with Gasteiger partial charge in [-0.25, -0.2) is 15.8 Å². The first-order chi connectivity index (χ1) is 8.55. The van der Waals surface area contributed by atoms with E-state index in [0.29, 0.717) is 17.3 Å². The van der Waals surface area contributed by atoms with Crippen LogP contribution < -0.4 is 16.6 Å². The van der Waals surface area contributed by atoms with E-state index in [9.17, 15) is 5.11 Å². The first-order valence-corrected chi connectivity index (χ1v) is 5.43. The van der Waals surface area contributed by atoms with Crippen molar-refractivity contribution in [1.82, 2.24) is 14.4 Å². The summed E-state index contributed by atoms with van der Waals surface area (Å²) in [5.74, 6) is 6.26. The molecule has 0 bridgehead atoms. The minimum absolute atomic E-state index is 0.146. The Balaban J connectivity index is 2.28. The Morgan fingerprint density at radius 1 is 1.56 bits per heavy atom. The van der Waals surface area contributed by atoms with Gasteiger partial charge in [-0.05, 0) is 6.92 Å². The molecule has 2 aromatic rings. The first-order valence-electron chi connectivity index (χ1n) is 5.43. The van der Waals surface area contributed by atoms with Crippen LogP contribution in [0.2, 0.25) is 0 Å². The number of fused-ring (bicyclic) bond motifs is 1. The summed E-state index contributed by atoms with van der Waals surface area (Å²) in [4.78, 5) is 8.35. The highest BCUT2D eigenvalue weighted by Gasteiger charge is 2.19. The number of aromatic nitrogens is 3. The van der Waals surface area contributed by atoms with E-state index in [1.165, 1.54) is 6.92 Å². The van der Waals surface area contributed by atoms with Gasteiger partial charge >= 0.3 is 0 Å². The van der Waals surface area contributed by atoms with Gasteiger partial charge < -0.3 is 25.4 Å². The van der Waals surface area contributed by atoms with Crippen molar-refractivity contribution in [3.63, 3.8) is 0 Å². The molecule has 0 radical (unpaired) electrons. The number of nitrogens with two attached hydrogens (primary N) is 1. The summed E-state index contributed by atoms with van der Waals surface area (Å²) in [6, 6.07) is 0. The molecule has 0 aliphatic rings. The lowest BCUT2D eigenvalue weighted by Gasteiger charge is -2.21. The summed E-state index contributed by atoms with van der Waals surface area (Å²) in [7, 11) is 0. The summed E-state index contributed by atoms with van der Waals surface area (Å²) in [5.41, 5.74) is 1.84. The number of hydrogen-bond acceptors (Lipinski definition) is 7. The Hall–Kier alpha value is -1.90. The van der Waals surface area contributed by atoms with Gasteiger partial charge in [-0.15, -0.1) is 0 Å². The Kier molecular flexibility index (Phi) is 3.32. The molecular formula is C10H16N6O2. The third-order valence-electron chi connectivity index (χ3n) is 2.50. The largest absolute Gasteiger partial charge is 0.393 e. The van der Waals surface area contributed by atoms with E-state index in [4.69, 9.17) is 10.9 Å². The number of nitrogens with zero attached hydrogens (tertiary/aromatic N) is 3. The van der Waals surface area contributed by atoms with Gasteiger partial charge in [0.1, 0.15) is 5.60 Å². The van der Waals surface area contributed by atoms with E-state index in [-0.39, 0.29) is 13.2 Å². The topological polar surface area (TPSA) is 121 Å². The fourth-order valence-corrected chi connectivity index (χ4v) is 1.45. The van der Waals surface area contributed by atoms with Crippen molar-refractivity contribution in [3.8, 4) is 0 Å². The number of nitrogens with one attached hydrogen (secondary N) is 2. The third-order valence-corrected chi connectivity index (χ3v) is 2.50. The van der Waals surface area contributed by atoms with E-state index in [1.807, 2.05) is 0 Å². The molecule has 98 valence electrons. The summed E-state index contributed by atoms with van der Waals surface area (Å²) in [5, 5.41) is 21.6. The van der Waals surface area contributed by atoms with Crippen molar-refractivity contribution >= 4 is 17.3 Å². The van der Waals surface area contributed by atoms with Crippen LogP contribution in [0.1, 0.15) is 6.92 Å². The molecular weight excluding hydrogens is 236 g/mol. The van der Waals surface area contributed by atoms with Crippen molar-refractivity contribution in [2.24, 2.45) is 5.84 Å². The number of imidazole rings is 1. The predicted molar refractivity (Wildman–Crippen MR) is 67.0 cm³/mol. The van der Waals surface area contributed by atoms with E-state index >= 15 is 0 Å². The second kappa shape index (κ2) is 4.77. The molecule has 1 unspecified atom stereocenters. The zero-order valence-electron chi connectivity index (χ0n) is 9.96. The molecule has 0 saturated carbocycles. The van der Waals surface area contributed by atoms with Crippen LogP contribution in [0.25, 0.3) is 5.65 Å². The van der Waals surface area contributed by atoms with Gasteiger partial charge in [0.2, 0.25) is 0 Å². The highest BCUT2D eigenvalue weighted by atomic mass is 16.3. The minimum atomic E-state index is -1.22. The van der Waals surface area contributed by atoms with Crippen LogP contribution in [0.15, 0.2) is 18.6 Å². The van der Waals surface area contributed by atoms with E-state index < -0.39 is 5.60 Å². The van der Waals surface area contributed by atoms with Crippen LogP contribution in [-0.4, -0.2) is 43.3 Å². The van der Waals surface area contributed by atoms with E-state index in [1.54, 1.807) is 23.0 Å². The highest BCUT2D eigenvalue weighted by molar-refractivity contribution is 5.65. The SMILES string of the molecule is CC(O)(CO)CNc1nc(NN)cn2ccnc12. The van der Waals surface area contributed by atoms with Crippen LogP contribution in [0, 0.1) is 0 Å². The van der Waals surface area contributed by atoms with Gasteiger partial charge in [0.25, 0.3) is 0 Å². The molecule has 8 heteroatoms. The molecule has 2 aromatic heterocycles. The molecule has 0 saturated heterocycles. The molecule has 0 aliphatic heterocycles. The minimum Gasteiger partial charge on any atom is -0.393 e. The molecule has 0 spiro atoms. The number of hydrazine groups is 1. The van der Waals surface area contributed by atoms with Gasteiger partial charge in [0, 0.05) is 18.9 Å². The zero-order valence-corrected chi connectivity index (χ0v) is 9.96. The molecule has 1 atom stereocenters. The lowest BCUT2D eigenvalue weighted by Crippen LogP contribution is -2.37. The smallest absolute Gasteiger partial charge is 0.180 e. The van der Waals surface area contributed by atoms with Crippen molar-refractivity contribution in [2.75, 3.05) is 23.9 Å². The number of anilines is 2. The number of aliphatic hydroxyl groups is 2. The highest BCUT2D eigenvalue weighted by Crippen LogP contribution is 2.16. The van der Waals surface area contributed by atoms with Crippen molar-refractivity contribution in [2.45, 2.75) is 12.5 Å². The summed E-state index contributed by atoms with van der Waals surface area (Å²) in [6.45, 7) is 1.32. The third kappa shape index (κ3) is 2.50. The molecule has 8 nitrogen and oxygen atoms in total.